The number of hydrogen-bond acceptors (Lipinski definition) is 4. The maximum absolute atomic E-state index is 12.1. The van der Waals surface area contributed by atoms with E-state index in [4.69, 9.17) is 0 Å². The van der Waals surface area contributed by atoms with Gasteiger partial charge in [0, 0.05) is 17.9 Å². The zero-order chi connectivity index (χ0) is 15.0. The SMILES string of the molecule is CCS(=O)(=O)CCNC(=O)c1ccccc1CCNC. The first-order valence-corrected chi connectivity index (χ1v) is 8.53. The summed E-state index contributed by atoms with van der Waals surface area (Å²) in [5.41, 5.74) is 1.56. The first-order chi connectivity index (χ1) is 9.50. The number of rotatable bonds is 8. The maximum Gasteiger partial charge on any atom is 0.251 e. The van der Waals surface area contributed by atoms with Gasteiger partial charge in [-0.2, -0.15) is 0 Å². The number of carbonyl (C=O) groups is 1. The Balaban J connectivity index is 2.63. The van der Waals surface area contributed by atoms with Gasteiger partial charge in [0.2, 0.25) is 0 Å². The summed E-state index contributed by atoms with van der Waals surface area (Å²) in [5, 5.41) is 5.71. The van der Waals surface area contributed by atoms with Gasteiger partial charge in [-0.15, -0.1) is 0 Å². The summed E-state index contributed by atoms with van der Waals surface area (Å²) < 4.78 is 22.7. The Morgan fingerprint density at radius 1 is 1.20 bits per heavy atom. The van der Waals surface area contributed by atoms with Crippen molar-refractivity contribution in [1.82, 2.24) is 10.6 Å². The monoisotopic (exact) mass is 298 g/mol. The van der Waals surface area contributed by atoms with E-state index in [0.29, 0.717) is 5.56 Å². The lowest BCUT2D eigenvalue weighted by atomic mass is 10.0. The van der Waals surface area contributed by atoms with E-state index in [1.807, 2.05) is 19.2 Å². The molecule has 0 heterocycles. The molecule has 1 amide bonds. The first kappa shape index (κ1) is 16.7. The van der Waals surface area contributed by atoms with Crippen LogP contribution in [0.2, 0.25) is 0 Å². The van der Waals surface area contributed by atoms with Gasteiger partial charge >= 0.3 is 0 Å². The fraction of sp³-hybridized carbons (Fsp3) is 0.500. The third-order valence-corrected chi connectivity index (χ3v) is 4.75. The lowest BCUT2D eigenvalue weighted by Crippen LogP contribution is -2.30. The molecule has 0 aliphatic heterocycles. The Kier molecular flexibility index (Phi) is 6.67. The lowest BCUT2D eigenvalue weighted by Gasteiger charge is -2.10. The molecule has 0 aliphatic carbocycles. The molecule has 112 valence electrons. The number of likely N-dealkylation sites (N-methyl/N-ethyl adjacent to an activating group) is 1. The highest BCUT2D eigenvalue weighted by Gasteiger charge is 2.12. The van der Waals surface area contributed by atoms with E-state index in [9.17, 15) is 13.2 Å². The summed E-state index contributed by atoms with van der Waals surface area (Å²) in [7, 11) is -1.19. The number of carbonyl (C=O) groups excluding carboxylic acids is 1. The van der Waals surface area contributed by atoms with Gasteiger partial charge in [-0.05, 0) is 31.6 Å². The minimum Gasteiger partial charge on any atom is -0.351 e. The van der Waals surface area contributed by atoms with Crippen LogP contribution in [0.3, 0.4) is 0 Å². The molecule has 6 heteroatoms. The average molecular weight is 298 g/mol. The maximum atomic E-state index is 12.1. The third kappa shape index (κ3) is 5.30. The molecule has 0 aromatic heterocycles. The number of nitrogens with one attached hydrogen (secondary N) is 2. The highest BCUT2D eigenvalue weighted by molar-refractivity contribution is 7.91. The smallest absolute Gasteiger partial charge is 0.251 e. The van der Waals surface area contributed by atoms with Gasteiger partial charge in [-0.25, -0.2) is 8.42 Å². The molecule has 1 aromatic carbocycles. The molecule has 0 radical (unpaired) electrons. The van der Waals surface area contributed by atoms with Crippen LogP contribution in [-0.2, 0) is 16.3 Å². The second-order valence-corrected chi connectivity index (χ2v) is 6.98. The fourth-order valence-electron chi connectivity index (χ4n) is 1.78. The minimum atomic E-state index is -3.05. The van der Waals surface area contributed by atoms with Crippen molar-refractivity contribution in [1.29, 1.82) is 0 Å². The predicted octanol–water partition coefficient (Wildman–Crippen LogP) is 0.613. The normalized spacial score (nSPS) is 11.3. The summed E-state index contributed by atoms with van der Waals surface area (Å²) in [5.74, 6) is -0.141. The predicted molar refractivity (Wildman–Crippen MR) is 80.7 cm³/mol. The summed E-state index contributed by atoms with van der Waals surface area (Å²) in [6, 6.07) is 7.37. The standard InChI is InChI=1S/C14H22N2O3S/c1-3-20(18,19)11-10-16-14(17)13-7-5-4-6-12(13)8-9-15-2/h4-7,15H,3,8-11H2,1-2H3,(H,16,17). The van der Waals surface area contributed by atoms with Crippen LogP contribution < -0.4 is 10.6 Å². The van der Waals surface area contributed by atoms with E-state index in [-0.39, 0.29) is 24.0 Å². The molecular formula is C14H22N2O3S. The van der Waals surface area contributed by atoms with Crippen LogP contribution in [0.15, 0.2) is 24.3 Å². The zero-order valence-corrected chi connectivity index (χ0v) is 12.8. The van der Waals surface area contributed by atoms with Crippen LogP contribution in [0.1, 0.15) is 22.8 Å². The van der Waals surface area contributed by atoms with E-state index in [2.05, 4.69) is 10.6 Å². The quantitative estimate of drug-likeness (QED) is 0.737. The van der Waals surface area contributed by atoms with Crippen LogP contribution in [0.5, 0.6) is 0 Å². The van der Waals surface area contributed by atoms with E-state index >= 15 is 0 Å². The van der Waals surface area contributed by atoms with Crippen LogP contribution >= 0.6 is 0 Å². The van der Waals surface area contributed by atoms with Crippen molar-refractivity contribution in [3.05, 3.63) is 35.4 Å². The first-order valence-electron chi connectivity index (χ1n) is 6.71. The van der Waals surface area contributed by atoms with E-state index in [1.54, 1.807) is 19.1 Å². The number of sulfone groups is 1. The molecule has 1 aromatic rings. The highest BCUT2D eigenvalue weighted by Crippen LogP contribution is 2.09. The highest BCUT2D eigenvalue weighted by atomic mass is 32.2. The minimum absolute atomic E-state index is 0.0199. The number of benzene rings is 1. The molecule has 0 spiro atoms. The van der Waals surface area contributed by atoms with E-state index < -0.39 is 9.84 Å². The molecule has 0 atom stereocenters. The second-order valence-electron chi connectivity index (χ2n) is 4.50. The molecule has 20 heavy (non-hydrogen) atoms. The van der Waals surface area contributed by atoms with Gasteiger partial charge in [0.15, 0.2) is 9.84 Å². The van der Waals surface area contributed by atoms with Crippen LogP contribution in [0, 0.1) is 0 Å². The van der Waals surface area contributed by atoms with E-state index in [0.717, 1.165) is 18.5 Å². The van der Waals surface area contributed by atoms with Gasteiger partial charge in [0.1, 0.15) is 0 Å². The molecular weight excluding hydrogens is 276 g/mol. The number of amides is 1. The van der Waals surface area contributed by atoms with Crippen molar-refractivity contribution in [3.8, 4) is 0 Å². The lowest BCUT2D eigenvalue weighted by molar-refractivity contribution is 0.0955. The molecule has 0 fully saturated rings. The van der Waals surface area contributed by atoms with Gasteiger partial charge in [0.05, 0.1) is 5.75 Å². The average Bonchev–Trinajstić information content (AvgIpc) is 2.45. The van der Waals surface area contributed by atoms with Crippen LogP contribution in [0.4, 0.5) is 0 Å². The third-order valence-electron chi connectivity index (χ3n) is 3.04. The Bertz CT molecular complexity index is 541. The molecule has 5 nitrogen and oxygen atoms in total. The van der Waals surface area contributed by atoms with Gasteiger partial charge < -0.3 is 10.6 Å². The van der Waals surface area contributed by atoms with Crippen molar-refractivity contribution in [2.24, 2.45) is 0 Å². The molecule has 1 rings (SSSR count). The summed E-state index contributed by atoms with van der Waals surface area (Å²) >= 11 is 0. The van der Waals surface area contributed by atoms with Gasteiger partial charge in [0.25, 0.3) is 5.91 Å². The van der Waals surface area contributed by atoms with Crippen LogP contribution in [-0.4, -0.2) is 46.0 Å². The zero-order valence-electron chi connectivity index (χ0n) is 12.0. The van der Waals surface area contributed by atoms with Crippen molar-refractivity contribution >= 4 is 15.7 Å². The molecule has 0 saturated carbocycles. The van der Waals surface area contributed by atoms with Crippen LogP contribution in [0.25, 0.3) is 0 Å². The topological polar surface area (TPSA) is 75.3 Å². The van der Waals surface area contributed by atoms with Crippen molar-refractivity contribution in [2.75, 3.05) is 31.6 Å². The Morgan fingerprint density at radius 2 is 1.90 bits per heavy atom. The summed E-state index contributed by atoms with van der Waals surface area (Å²) in [6.45, 7) is 2.54. The number of hydrogen-bond donors (Lipinski definition) is 2. The molecule has 0 bridgehead atoms. The largest absolute Gasteiger partial charge is 0.351 e. The molecule has 0 unspecified atom stereocenters. The van der Waals surface area contributed by atoms with Crippen molar-refractivity contribution in [2.45, 2.75) is 13.3 Å². The summed E-state index contributed by atoms with van der Waals surface area (Å²) in [6.07, 6.45) is 0.757. The fourth-order valence-corrected chi connectivity index (χ4v) is 2.48. The Morgan fingerprint density at radius 3 is 2.55 bits per heavy atom. The Hall–Kier alpha value is -1.40. The van der Waals surface area contributed by atoms with Gasteiger partial charge in [-0.3, -0.25) is 4.79 Å². The Labute approximate surface area is 120 Å². The molecule has 0 saturated heterocycles. The molecule has 2 N–H and O–H groups in total. The summed E-state index contributed by atoms with van der Waals surface area (Å²) in [4.78, 5) is 12.1. The second kappa shape index (κ2) is 8.01. The van der Waals surface area contributed by atoms with Gasteiger partial charge in [-0.1, -0.05) is 25.1 Å². The molecule has 0 aliphatic rings. The van der Waals surface area contributed by atoms with E-state index in [1.165, 1.54) is 0 Å². The van der Waals surface area contributed by atoms with Crippen molar-refractivity contribution < 1.29 is 13.2 Å². The van der Waals surface area contributed by atoms with Crippen molar-refractivity contribution in [3.63, 3.8) is 0 Å².